The Bertz CT molecular complexity index is 428. The Labute approximate surface area is 118 Å². The quantitative estimate of drug-likeness (QED) is 0.834. The number of aryl methyl sites for hydroxylation is 1. The van der Waals surface area contributed by atoms with Crippen molar-refractivity contribution < 1.29 is 0 Å². The number of nitrogens with zero attached hydrogens (tertiary/aromatic N) is 3. The van der Waals surface area contributed by atoms with E-state index < -0.39 is 0 Å². The van der Waals surface area contributed by atoms with Gasteiger partial charge in [-0.25, -0.2) is 9.97 Å². The van der Waals surface area contributed by atoms with E-state index in [1.165, 1.54) is 11.3 Å². The summed E-state index contributed by atoms with van der Waals surface area (Å²) < 4.78 is 0. The normalized spacial score (nSPS) is 12.5. The lowest BCUT2D eigenvalue weighted by atomic mass is 9.85. The van der Waals surface area contributed by atoms with Gasteiger partial charge in [0.1, 0.15) is 5.82 Å². The number of rotatable bonds is 4. The molecule has 3 nitrogen and oxygen atoms in total. The van der Waals surface area contributed by atoms with Gasteiger partial charge in [-0.3, -0.25) is 0 Å². The van der Waals surface area contributed by atoms with E-state index in [0.29, 0.717) is 5.92 Å². The van der Waals surface area contributed by atoms with Crippen LogP contribution in [0.25, 0.3) is 0 Å². The van der Waals surface area contributed by atoms with E-state index in [9.17, 15) is 0 Å². The zero-order valence-corrected chi connectivity index (χ0v) is 13.8. The lowest BCUT2D eigenvalue weighted by Gasteiger charge is -2.25. The molecular formula is C16H29N3. The second-order valence-corrected chi connectivity index (χ2v) is 7.14. The van der Waals surface area contributed by atoms with E-state index >= 15 is 0 Å². The van der Waals surface area contributed by atoms with Crippen LogP contribution in [0.2, 0.25) is 0 Å². The molecule has 1 rings (SSSR count). The maximum Gasteiger partial charge on any atom is 0.142 e. The molecule has 1 aromatic heterocycles. The van der Waals surface area contributed by atoms with Gasteiger partial charge in [-0.15, -0.1) is 0 Å². The standard InChI is InChI=1S/C16H29N3/c1-11(2)9-13-12(3)17-14(10-19(7)8)18-15(13)16(4,5)6/h11H,9-10H2,1-8H3. The summed E-state index contributed by atoms with van der Waals surface area (Å²) in [6.07, 6.45) is 1.06. The van der Waals surface area contributed by atoms with Gasteiger partial charge in [0.05, 0.1) is 12.2 Å². The Morgan fingerprint density at radius 3 is 2.11 bits per heavy atom. The van der Waals surface area contributed by atoms with Crippen molar-refractivity contribution in [1.29, 1.82) is 0 Å². The molecule has 0 N–H and O–H groups in total. The Morgan fingerprint density at radius 1 is 1.11 bits per heavy atom. The van der Waals surface area contributed by atoms with Gasteiger partial charge in [0, 0.05) is 11.1 Å². The van der Waals surface area contributed by atoms with Crippen molar-refractivity contribution >= 4 is 0 Å². The molecule has 0 radical (unpaired) electrons. The summed E-state index contributed by atoms with van der Waals surface area (Å²) in [6.45, 7) is 14.1. The maximum atomic E-state index is 4.85. The van der Waals surface area contributed by atoms with Gasteiger partial charge in [0.15, 0.2) is 0 Å². The summed E-state index contributed by atoms with van der Waals surface area (Å²) in [7, 11) is 4.11. The van der Waals surface area contributed by atoms with E-state index in [-0.39, 0.29) is 5.41 Å². The van der Waals surface area contributed by atoms with Crippen molar-refractivity contribution in [2.24, 2.45) is 5.92 Å². The lowest BCUT2D eigenvalue weighted by Crippen LogP contribution is -2.23. The fraction of sp³-hybridized carbons (Fsp3) is 0.750. The molecule has 0 aliphatic carbocycles. The fourth-order valence-electron chi connectivity index (χ4n) is 2.28. The van der Waals surface area contributed by atoms with Crippen molar-refractivity contribution in [2.45, 2.75) is 59.9 Å². The van der Waals surface area contributed by atoms with Gasteiger partial charge in [0.25, 0.3) is 0 Å². The first-order valence-corrected chi connectivity index (χ1v) is 7.13. The molecule has 3 heteroatoms. The first-order chi connectivity index (χ1) is 8.61. The third-order valence-corrected chi connectivity index (χ3v) is 3.04. The number of hydrogen-bond donors (Lipinski definition) is 0. The molecule has 0 spiro atoms. The molecule has 0 aliphatic rings. The smallest absolute Gasteiger partial charge is 0.142 e. The summed E-state index contributed by atoms with van der Waals surface area (Å²) in [4.78, 5) is 11.6. The second kappa shape index (κ2) is 6.00. The van der Waals surface area contributed by atoms with Gasteiger partial charge in [-0.05, 0) is 38.9 Å². The Morgan fingerprint density at radius 2 is 1.68 bits per heavy atom. The first-order valence-electron chi connectivity index (χ1n) is 7.13. The van der Waals surface area contributed by atoms with Gasteiger partial charge in [-0.1, -0.05) is 34.6 Å². The van der Waals surface area contributed by atoms with Gasteiger partial charge in [0.2, 0.25) is 0 Å². The van der Waals surface area contributed by atoms with E-state index in [1.54, 1.807) is 0 Å². The molecule has 1 heterocycles. The number of aromatic nitrogens is 2. The van der Waals surface area contributed by atoms with E-state index in [1.807, 2.05) is 0 Å². The zero-order chi connectivity index (χ0) is 14.8. The third kappa shape index (κ3) is 4.57. The van der Waals surface area contributed by atoms with Crippen LogP contribution in [0.5, 0.6) is 0 Å². The van der Waals surface area contributed by atoms with Gasteiger partial charge >= 0.3 is 0 Å². The predicted octanol–water partition coefficient (Wildman–Crippen LogP) is 3.34. The minimum Gasteiger partial charge on any atom is -0.302 e. The molecule has 108 valence electrons. The van der Waals surface area contributed by atoms with Crippen LogP contribution in [0.1, 0.15) is 57.4 Å². The Kier molecular flexibility index (Phi) is 5.08. The highest BCUT2D eigenvalue weighted by Crippen LogP contribution is 2.27. The van der Waals surface area contributed by atoms with Crippen molar-refractivity contribution in [3.05, 3.63) is 22.8 Å². The highest BCUT2D eigenvalue weighted by atomic mass is 15.1. The molecule has 0 aromatic carbocycles. The van der Waals surface area contributed by atoms with Crippen molar-refractivity contribution in [2.75, 3.05) is 14.1 Å². The monoisotopic (exact) mass is 263 g/mol. The van der Waals surface area contributed by atoms with Crippen LogP contribution in [0, 0.1) is 12.8 Å². The predicted molar refractivity (Wildman–Crippen MR) is 81.4 cm³/mol. The molecular weight excluding hydrogens is 234 g/mol. The molecule has 0 atom stereocenters. The zero-order valence-electron chi connectivity index (χ0n) is 13.8. The van der Waals surface area contributed by atoms with Crippen LogP contribution in [0.4, 0.5) is 0 Å². The average Bonchev–Trinajstić information content (AvgIpc) is 2.18. The highest BCUT2D eigenvalue weighted by Gasteiger charge is 2.23. The molecule has 0 fully saturated rings. The minimum atomic E-state index is 0.0684. The molecule has 0 saturated carbocycles. The highest BCUT2D eigenvalue weighted by molar-refractivity contribution is 5.30. The van der Waals surface area contributed by atoms with Crippen molar-refractivity contribution in [1.82, 2.24) is 14.9 Å². The van der Waals surface area contributed by atoms with E-state index in [0.717, 1.165) is 24.5 Å². The summed E-state index contributed by atoms with van der Waals surface area (Å²) in [6, 6.07) is 0. The topological polar surface area (TPSA) is 29.0 Å². The van der Waals surface area contributed by atoms with Crippen LogP contribution in [-0.2, 0) is 18.4 Å². The SMILES string of the molecule is Cc1nc(CN(C)C)nc(C(C)(C)C)c1CC(C)C. The molecule has 0 unspecified atom stereocenters. The fourth-order valence-corrected chi connectivity index (χ4v) is 2.28. The van der Waals surface area contributed by atoms with Crippen LogP contribution >= 0.6 is 0 Å². The van der Waals surface area contributed by atoms with Crippen LogP contribution in [-0.4, -0.2) is 29.0 Å². The first kappa shape index (κ1) is 16.1. The summed E-state index contributed by atoms with van der Waals surface area (Å²) in [5.74, 6) is 1.56. The van der Waals surface area contributed by atoms with E-state index in [2.05, 4.69) is 65.5 Å². The van der Waals surface area contributed by atoms with Gasteiger partial charge < -0.3 is 4.90 Å². The van der Waals surface area contributed by atoms with E-state index in [4.69, 9.17) is 4.98 Å². The molecule has 0 bridgehead atoms. The van der Waals surface area contributed by atoms with Crippen molar-refractivity contribution in [3.63, 3.8) is 0 Å². The van der Waals surface area contributed by atoms with Crippen molar-refractivity contribution in [3.8, 4) is 0 Å². The van der Waals surface area contributed by atoms with Crippen LogP contribution in [0.15, 0.2) is 0 Å². The Hall–Kier alpha value is -0.960. The molecule has 0 saturated heterocycles. The Balaban J connectivity index is 3.30. The third-order valence-electron chi connectivity index (χ3n) is 3.04. The van der Waals surface area contributed by atoms with Gasteiger partial charge in [-0.2, -0.15) is 0 Å². The van der Waals surface area contributed by atoms with Crippen LogP contribution < -0.4 is 0 Å². The lowest BCUT2D eigenvalue weighted by molar-refractivity contribution is 0.386. The summed E-state index contributed by atoms with van der Waals surface area (Å²) >= 11 is 0. The molecule has 0 aliphatic heterocycles. The largest absolute Gasteiger partial charge is 0.302 e. The summed E-state index contributed by atoms with van der Waals surface area (Å²) in [5.41, 5.74) is 3.76. The number of hydrogen-bond acceptors (Lipinski definition) is 3. The average molecular weight is 263 g/mol. The molecule has 1 aromatic rings. The molecule has 19 heavy (non-hydrogen) atoms. The minimum absolute atomic E-state index is 0.0684. The maximum absolute atomic E-state index is 4.85. The van der Waals surface area contributed by atoms with Crippen LogP contribution in [0.3, 0.4) is 0 Å². The summed E-state index contributed by atoms with van der Waals surface area (Å²) in [5, 5.41) is 0. The molecule has 0 amide bonds. The second-order valence-electron chi connectivity index (χ2n) is 7.14.